The number of alkyl halides is 3. The first-order valence-electron chi connectivity index (χ1n) is 7.67. The lowest BCUT2D eigenvalue weighted by Gasteiger charge is -2.06. The number of ether oxygens (including phenoxy) is 1. The Morgan fingerprint density at radius 2 is 1.96 bits per heavy atom. The first-order chi connectivity index (χ1) is 12.7. The molecule has 27 heavy (non-hydrogen) atoms. The van der Waals surface area contributed by atoms with E-state index in [2.05, 4.69) is 10.1 Å². The van der Waals surface area contributed by atoms with E-state index in [-0.39, 0.29) is 22.8 Å². The highest BCUT2D eigenvalue weighted by Crippen LogP contribution is 2.31. The van der Waals surface area contributed by atoms with Crippen molar-refractivity contribution in [3.63, 3.8) is 0 Å². The number of esters is 1. The molecule has 0 spiro atoms. The summed E-state index contributed by atoms with van der Waals surface area (Å²) in [6.07, 6.45) is -4.50. The number of rotatable bonds is 4. The van der Waals surface area contributed by atoms with Gasteiger partial charge in [-0.3, -0.25) is 0 Å². The summed E-state index contributed by atoms with van der Waals surface area (Å²) in [5, 5.41) is 3.58. The van der Waals surface area contributed by atoms with Gasteiger partial charge in [-0.15, -0.1) is 0 Å². The van der Waals surface area contributed by atoms with Crippen LogP contribution in [0.2, 0.25) is 0 Å². The molecular weight excluding hydrogens is 368 g/mol. The standard InChI is InChI=1S/C18H12F4N2O3/c1-10-5-6-12(8-14(10)19)17(25)26-9-15-23-16(24-27-15)11-3-2-4-13(7-11)18(20,21)22/h2-8H,9H2,1H3. The number of aryl methyl sites for hydroxylation is 1. The Kier molecular flexibility index (Phi) is 4.93. The summed E-state index contributed by atoms with van der Waals surface area (Å²) in [7, 11) is 0. The second kappa shape index (κ2) is 7.18. The summed E-state index contributed by atoms with van der Waals surface area (Å²) in [4.78, 5) is 15.8. The molecule has 0 amide bonds. The molecule has 9 heteroatoms. The molecule has 0 aliphatic rings. The van der Waals surface area contributed by atoms with E-state index in [1.54, 1.807) is 6.92 Å². The van der Waals surface area contributed by atoms with Gasteiger partial charge in [-0.2, -0.15) is 18.2 Å². The smallest absolute Gasteiger partial charge is 0.416 e. The van der Waals surface area contributed by atoms with Crippen LogP contribution < -0.4 is 0 Å². The molecule has 0 N–H and O–H groups in total. The van der Waals surface area contributed by atoms with Crippen LogP contribution in [0.4, 0.5) is 17.6 Å². The molecule has 0 radical (unpaired) electrons. The monoisotopic (exact) mass is 380 g/mol. The van der Waals surface area contributed by atoms with Gasteiger partial charge in [0, 0.05) is 5.56 Å². The Morgan fingerprint density at radius 3 is 2.67 bits per heavy atom. The molecule has 0 saturated carbocycles. The van der Waals surface area contributed by atoms with E-state index in [9.17, 15) is 22.4 Å². The molecule has 0 aliphatic carbocycles. The van der Waals surface area contributed by atoms with Gasteiger partial charge in [0.15, 0.2) is 6.61 Å². The Hall–Kier alpha value is -3.23. The number of hydrogen-bond acceptors (Lipinski definition) is 5. The van der Waals surface area contributed by atoms with Crippen LogP contribution in [0.3, 0.4) is 0 Å². The largest absolute Gasteiger partial charge is 0.452 e. The molecular formula is C18H12F4N2O3. The molecule has 3 aromatic rings. The van der Waals surface area contributed by atoms with E-state index in [1.165, 1.54) is 24.3 Å². The Labute approximate surface area is 150 Å². The maximum absolute atomic E-state index is 13.5. The highest BCUT2D eigenvalue weighted by molar-refractivity contribution is 5.89. The average Bonchev–Trinajstić information content (AvgIpc) is 3.10. The quantitative estimate of drug-likeness (QED) is 0.490. The van der Waals surface area contributed by atoms with Crippen LogP contribution in [0.1, 0.15) is 27.4 Å². The zero-order valence-electron chi connectivity index (χ0n) is 13.9. The second-order valence-electron chi connectivity index (χ2n) is 5.63. The normalized spacial score (nSPS) is 11.4. The maximum Gasteiger partial charge on any atom is 0.416 e. The van der Waals surface area contributed by atoms with Crippen molar-refractivity contribution in [2.24, 2.45) is 0 Å². The molecule has 0 aliphatic heterocycles. The summed E-state index contributed by atoms with van der Waals surface area (Å²) in [5.41, 5.74) is -0.351. The number of hydrogen-bond donors (Lipinski definition) is 0. The molecule has 0 saturated heterocycles. The third-order valence-corrected chi connectivity index (χ3v) is 3.65. The average molecular weight is 380 g/mol. The Bertz CT molecular complexity index is 983. The molecule has 1 heterocycles. The van der Waals surface area contributed by atoms with Crippen molar-refractivity contribution in [2.75, 3.05) is 0 Å². The van der Waals surface area contributed by atoms with E-state index >= 15 is 0 Å². The fourth-order valence-corrected chi connectivity index (χ4v) is 2.20. The van der Waals surface area contributed by atoms with Crippen LogP contribution in [0.15, 0.2) is 47.0 Å². The van der Waals surface area contributed by atoms with Crippen LogP contribution in [0, 0.1) is 12.7 Å². The number of aromatic nitrogens is 2. The van der Waals surface area contributed by atoms with Gasteiger partial charge >= 0.3 is 12.1 Å². The van der Waals surface area contributed by atoms with Gasteiger partial charge in [-0.25, -0.2) is 9.18 Å². The zero-order chi connectivity index (χ0) is 19.6. The van der Waals surface area contributed by atoms with Crippen LogP contribution in [0.25, 0.3) is 11.4 Å². The minimum absolute atomic E-state index is 0.00992. The summed E-state index contributed by atoms with van der Waals surface area (Å²) in [6, 6.07) is 8.31. The zero-order valence-corrected chi connectivity index (χ0v) is 13.9. The fourth-order valence-electron chi connectivity index (χ4n) is 2.20. The van der Waals surface area contributed by atoms with Crippen molar-refractivity contribution >= 4 is 5.97 Å². The summed E-state index contributed by atoms with van der Waals surface area (Å²) < 4.78 is 61.6. The van der Waals surface area contributed by atoms with Crippen LogP contribution in [0.5, 0.6) is 0 Å². The Morgan fingerprint density at radius 1 is 1.19 bits per heavy atom. The summed E-state index contributed by atoms with van der Waals surface area (Å²) >= 11 is 0. The molecule has 2 aromatic carbocycles. The molecule has 5 nitrogen and oxygen atoms in total. The van der Waals surface area contributed by atoms with E-state index < -0.39 is 30.1 Å². The minimum atomic E-state index is -4.50. The van der Waals surface area contributed by atoms with Crippen LogP contribution >= 0.6 is 0 Å². The predicted octanol–water partition coefficient (Wildman–Crippen LogP) is 4.56. The molecule has 3 rings (SSSR count). The minimum Gasteiger partial charge on any atom is -0.452 e. The molecule has 140 valence electrons. The van der Waals surface area contributed by atoms with Crippen molar-refractivity contribution in [3.8, 4) is 11.4 Å². The van der Waals surface area contributed by atoms with Crippen molar-refractivity contribution in [1.29, 1.82) is 0 Å². The number of benzene rings is 2. The number of nitrogens with zero attached hydrogens (tertiary/aromatic N) is 2. The maximum atomic E-state index is 13.5. The first-order valence-corrected chi connectivity index (χ1v) is 7.67. The molecule has 0 atom stereocenters. The lowest BCUT2D eigenvalue weighted by molar-refractivity contribution is -0.137. The van der Waals surface area contributed by atoms with Crippen molar-refractivity contribution in [2.45, 2.75) is 19.7 Å². The van der Waals surface area contributed by atoms with Crippen molar-refractivity contribution in [1.82, 2.24) is 10.1 Å². The van der Waals surface area contributed by atoms with Crippen LogP contribution in [-0.4, -0.2) is 16.1 Å². The van der Waals surface area contributed by atoms with Gasteiger partial charge in [-0.1, -0.05) is 23.4 Å². The highest BCUT2D eigenvalue weighted by Gasteiger charge is 2.30. The molecule has 1 aromatic heterocycles. The number of halogens is 4. The molecule has 0 fully saturated rings. The predicted molar refractivity (Wildman–Crippen MR) is 85.0 cm³/mol. The van der Waals surface area contributed by atoms with Crippen molar-refractivity contribution in [3.05, 3.63) is 70.9 Å². The first kappa shape index (κ1) is 18.6. The molecule has 0 bridgehead atoms. The second-order valence-corrected chi connectivity index (χ2v) is 5.63. The van der Waals surface area contributed by atoms with E-state index in [4.69, 9.17) is 9.26 Å². The third-order valence-electron chi connectivity index (χ3n) is 3.65. The van der Waals surface area contributed by atoms with E-state index in [1.807, 2.05) is 0 Å². The summed E-state index contributed by atoms with van der Waals surface area (Å²) in [5.74, 6) is -1.53. The molecule has 0 unspecified atom stereocenters. The van der Waals surface area contributed by atoms with Gasteiger partial charge < -0.3 is 9.26 Å². The van der Waals surface area contributed by atoms with Gasteiger partial charge in [-0.05, 0) is 36.8 Å². The SMILES string of the molecule is Cc1ccc(C(=O)OCc2nc(-c3cccc(C(F)(F)F)c3)no2)cc1F. The number of carbonyl (C=O) groups excluding carboxylic acids is 1. The van der Waals surface area contributed by atoms with Gasteiger partial charge in [0.2, 0.25) is 5.82 Å². The topological polar surface area (TPSA) is 65.2 Å². The fraction of sp³-hybridized carbons (Fsp3) is 0.167. The highest BCUT2D eigenvalue weighted by atomic mass is 19.4. The van der Waals surface area contributed by atoms with Gasteiger partial charge in [0.1, 0.15) is 5.82 Å². The van der Waals surface area contributed by atoms with Gasteiger partial charge in [0.05, 0.1) is 11.1 Å². The number of carbonyl (C=O) groups is 1. The summed E-state index contributed by atoms with van der Waals surface area (Å²) in [6.45, 7) is 1.15. The Balaban J connectivity index is 1.69. The lowest BCUT2D eigenvalue weighted by Crippen LogP contribution is -2.06. The third kappa shape index (κ3) is 4.30. The van der Waals surface area contributed by atoms with E-state index in [0.717, 1.165) is 18.2 Å². The van der Waals surface area contributed by atoms with E-state index in [0.29, 0.717) is 5.56 Å². The van der Waals surface area contributed by atoms with Crippen molar-refractivity contribution < 1.29 is 31.6 Å². The van der Waals surface area contributed by atoms with Gasteiger partial charge in [0.25, 0.3) is 5.89 Å². The lowest BCUT2D eigenvalue weighted by atomic mass is 10.1. The van der Waals surface area contributed by atoms with Crippen LogP contribution in [-0.2, 0) is 17.5 Å².